The summed E-state index contributed by atoms with van der Waals surface area (Å²) in [5.41, 5.74) is 0.773. The highest BCUT2D eigenvalue weighted by Gasteiger charge is 2.28. The molecular weight excluding hydrogens is 330 g/mol. The van der Waals surface area contributed by atoms with Crippen molar-refractivity contribution in [1.82, 2.24) is 10.2 Å². The lowest BCUT2D eigenvalue weighted by molar-refractivity contribution is -0.126. The number of nitrogens with one attached hydrogen (secondary N) is 2. The van der Waals surface area contributed by atoms with E-state index in [9.17, 15) is 9.59 Å². The van der Waals surface area contributed by atoms with E-state index in [1.54, 1.807) is 4.90 Å². The summed E-state index contributed by atoms with van der Waals surface area (Å²) in [7, 11) is 0. The number of carbonyl (C=O) groups excluding carboxylic acids is 2. The van der Waals surface area contributed by atoms with Gasteiger partial charge in [0.1, 0.15) is 0 Å². The van der Waals surface area contributed by atoms with Gasteiger partial charge in [-0.25, -0.2) is 4.79 Å². The van der Waals surface area contributed by atoms with Gasteiger partial charge < -0.3 is 20.3 Å². The molecule has 0 spiro atoms. The minimum absolute atomic E-state index is 0.0457. The van der Waals surface area contributed by atoms with E-state index in [1.165, 1.54) is 12.8 Å². The van der Waals surface area contributed by atoms with Crippen LogP contribution < -0.4 is 10.6 Å². The second kappa shape index (κ2) is 9.57. The molecule has 3 amide bonds. The van der Waals surface area contributed by atoms with Crippen LogP contribution in [-0.2, 0) is 9.53 Å². The zero-order valence-electron chi connectivity index (χ0n) is 15.3. The van der Waals surface area contributed by atoms with Crippen LogP contribution in [0, 0.1) is 11.8 Å². The van der Waals surface area contributed by atoms with Crippen molar-refractivity contribution in [1.29, 1.82) is 0 Å². The fourth-order valence-corrected chi connectivity index (χ4v) is 3.16. The van der Waals surface area contributed by atoms with Crippen LogP contribution in [-0.4, -0.2) is 49.7 Å². The van der Waals surface area contributed by atoms with Gasteiger partial charge in [0, 0.05) is 38.5 Å². The molecule has 6 heteroatoms. The molecule has 1 saturated carbocycles. The first-order valence-electron chi connectivity index (χ1n) is 9.69. The lowest BCUT2D eigenvalue weighted by Crippen LogP contribution is -2.47. The summed E-state index contributed by atoms with van der Waals surface area (Å²) < 4.78 is 5.58. The molecule has 6 nitrogen and oxygen atoms in total. The van der Waals surface area contributed by atoms with Crippen LogP contribution in [0.5, 0.6) is 0 Å². The zero-order chi connectivity index (χ0) is 18.2. The number of piperidine rings is 1. The number of carbonyl (C=O) groups is 2. The first-order chi connectivity index (χ1) is 12.7. The minimum atomic E-state index is -0.137. The van der Waals surface area contributed by atoms with Crippen LogP contribution in [0.15, 0.2) is 30.3 Å². The smallest absolute Gasteiger partial charge is 0.321 e. The Kier molecular flexibility index (Phi) is 6.89. The van der Waals surface area contributed by atoms with Gasteiger partial charge in [0.05, 0.1) is 5.92 Å². The summed E-state index contributed by atoms with van der Waals surface area (Å²) in [6.07, 6.45) is 5.12. The number of rotatable bonds is 8. The van der Waals surface area contributed by atoms with Crippen molar-refractivity contribution in [2.24, 2.45) is 11.8 Å². The quantitative estimate of drug-likeness (QED) is 0.701. The predicted octanol–water partition coefficient (Wildman–Crippen LogP) is 2.86. The number of anilines is 1. The Morgan fingerprint density at radius 3 is 2.73 bits per heavy atom. The van der Waals surface area contributed by atoms with Gasteiger partial charge >= 0.3 is 6.03 Å². The summed E-state index contributed by atoms with van der Waals surface area (Å²) >= 11 is 0. The molecule has 2 N–H and O–H groups in total. The number of amides is 3. The highest BCUT2D eigenvalue weighted by atomic mass is 16.5. The van der Waals surface area contributed by atoms with Crippen LogP contribution in [0.3, 0.4) is 0 Å². The van der Waals surface area contributed by atoms with Gasteiger partial charge in [-0.3, -0.25) is 4.79 Å². The number of urea groups is 1. The van der Waals surface area contributed by atoms with Crippen LogP contribution in [0.4, 0.5) is 10.5 Å². The van der Waals surface area contributed by atoms with E-state index < -0.39 is 0 Å². The number of hydrogen-bond donors (Lipinski definition) is 2. The van der Waals surface area contributed by atoms with Gasteiger partial charge in [-0.05, 0) is 50.2 Å². The van der Waals surface area contributed by atoms with E-state index in [0.29, 0.717) is 26.2 Å². The van der Waals surface area contributed by atoms with Gasteiger partial charge in [-0.15, -0.1) is 0 Å². The van der Waals surface area contributed by atoms with E-state index in [-0.39, 0.29) is 17.9 Å². The molecule has 1 aromatic carbocycles. The van der Waals surface area contributed by atoms with Gasteiger partial charge in [-0.2, -0.15) is 0 Å². The molecule has 1 aliphatic heterocycles. The molecule has 2 fully saturated rings. The number of benzene rings is 1. The molecule has 0 bridgehead atoms. The van der Waals surface area contributed by atoms with E-state index in [0.717, 1.165) is 37.5 Å². The van der Waals surface area contributed by atoms with Crippen LogP contribution in [0.2, 0.25) is 0 Å². The Labute approximate surface area is 155 Å². The Morgan fingerprint density at radius 2 is 1.96 bits per heavy atom. The van der Waals surface area contributed by atoms with Gasteiger partial charge in [-0.1, -0.05) is 18.2 Å². The predicted molar refractivity (Wildman–Crippen MR) is 101 cm³/mol. The second-order valence-electron chi connectivity index (χ2n) is 7.24. The average molecular weight is 359 g/mol. The Morgan fingerprint density at radius 1 is 1.15 bits per heavy atom. The molecule has 26 heavy (non-hydrogen) atoms. The SMILES string of the molecule is O=C(NCCCOCC1CC1)C1CCCN(C(=O)Nc2ccccc2)C1. The first kappa shape index (κ1) is 18.7. The van der Waals surface area contributed by atoms with Gasteiger partial charge in [0.15, 0.2) is 0 Å². The van der Waals surface area contributed by atoms with Gasteiger partial charge in [0.2, 0.25) is 5.91 Å². The van der Waals surface area contributed by atoms with Crippen LogP contribution >= 0.6 is 0 Å². The molecule has 3 rings (SSSR count). The third kappa shape index (κ3) is 6.02. The number of para-hydroxylation sites is 1. The molecule has 0 radical (unpaired) electrons. The topological polar surface area (TPSA) is 70.7 Å². The fraction of sp³-hybridized carbons (Fsp3) is 0.600. The van der Waals surface area contributed by atoms with Crippen molar-refractivity contribution in [3.8, 4) is 0 Å². The third-order valence-electron chi connectivity index (χ3n) is 4.92. The van der Waals surface area contributed by atoms with Gasteiger partial charge in [0.25, 0.3) is 0 Å². The normalized spacial score (nSPS) is 19.8. The highest BCUT2D eigenvalue weighted by molar-refractivity contribution is 5.90. The Balaban J connectivity index is 1.35. The third-order valence-corrected chi connectivity index (χ3v) is 4.92. The number of nitrogens with zero attached hydrogens (tertiary/aromatic N) is 1. The maximum atomic E-state index is 12.4. The molecule has 142 valence electrons. The summed E-state index contributed by atoms with van der Waals surface area (Å²) in [5, 5.41) is 5.88. The first-order valence-corrected chi connectivity index (χ1v) is 9.69. The molecular formula is C20H29N3O3. The molecule has 1 unspecified atom stereocenters. The Bertz CT molecular complexity index is 589. The standard InChI is InChI=1S/C20H29N3O3/c24-19(21-11-5-13-26-15-16-9-10-16)17-6-4-12-23(14-17)20(25)22-18-7-2-1-3-8-18/h1-3,7-8,16-17H,4-6,9-15H2,(H,21,24)(H,22,25). The largest absolute Gasteiger partial charge is 0.381 e. The maximum absolute atomic E-state index is 12.4. The number of likely N-dealkylation sites (tertiary alicyclic amines) is 1. The van der Waals surface area contributed by atoms with E-state index in [4.69, 9.17) is 4.74 Å². The maximum Gasteiger partial charge on any atom is 0.321 e. The monoisotopic (exact) mass is 359 g/mol. The molecule has 0 aromatic heterocycles. The van der Waals surface area contributed by atoms with E-state index in [1.807, 2.05) is 30.3 Å². The van der Waals surface area contributed by atoms with Crippen molar-refractivity contribution in [2.75, 3.05) is 38.2 Å². The van der Waals surface area contributed by atoms with E-state index in [2.05, 4.69) is 10.6 Å². The zero-order valence-corrected chi connectivity index (χ0v) is 15.3. The number of hydrogen-bond acceptors (Lipinski definition) is 3. The molecule has 1 saturated heterocycles. The molecule has 1 aliphatic carbocycles. The molecule has 1 aromatic rings. The van der Waals surface area contributed by atoms with E-state index >= 15 is 0 Å². The molecule has 1 atom stereocenters. The van der Waals surface area contributed by atoms with Crippen molar-refractivity contribution in [3.63, 3.8) is 0 Å². The average Bonchev–Trinajstić information content (AvgIpc) is 3.49. The van der Waals surface area contributed by atoms with Crippen molar-refractivity contribution in [2.45, 2.75) is 32.1 Å². The number of ether oxygens (including phenoxy) is 1. The summed E-state index contributed by atoms with van der Waals surface area (Å²) in [6.45, 7) is 3.37. The molecule has 2 aliphatic rings. The Hall–Kier alpha value is -2.08. The highest BCUT2D eigenvalue weighted by Crippen LogP contribution is 2.28. The lowest BCUT2D eigenvalue weighted by Gasteiger charge is -2.32. The summed E-state index contributed by atoms with van der Waals surface area (Å²) in [4.78, 5) is 26.5. The second-order valence-corrected chi connectivity index (χ2v) is 7.24. The lowest BCUT2D eigenvalue weighted by atomic mass is 9.97. The molecule has 1 heterocycles. The summed E-state index contributed by atoms with van der Waals surface area (Å²) in [5.74, 6) is 0.696. The van der Waals surface area contributed by atoms with Crippen LogP contribution in [0.25, 0.3) is 0 Å². The van der Waals surface area contributed by atoms with Crippen molar-refractivity contribution < 1.29 is 14.3 Å². The van der Waals surface area contributed by atoms with Crippen LogP contribution in [0.1, 0.15) is 32.1 Å². The van der Waals surface area contributed by atoms with Crippen molar-refractivity contribution >= 4 is 17.6 Å². The summed E-state index contributed by atoms with van der Waals surface area (Å²) in [6, 6.07) is 9.26. The van der Waals surface area contributed by atoms with Crippen molar-refractivity contribution in [3.05, 3.63) is 30.3 Å². The minimum Gasteiger partial charge on any atom is -0.381 e. The fourth-order valence-electron chi connectivity index (χ4n) is 3.16.